The van der Waals surface area contributed by atoms with Gasteiger partial charge in [-0.25, -0.2) is 13.2 Å². The highest BCUT2D eigenvalue weighted by Crippen LogP contribution is 2.36. The molecule has 2 fully saturated rings. The molecule has 0 radical (unpaired) electrons. The van der Waals surface area contributed by atoms with Crippen molar-refractivity contribution in [1.82, 2.24) is 14.9 Å². The van der Waals surface area contributed by atoms with Gasteiger partial charge in [-0.1, -0.05) is 65.0 Å². The Morgan fingerprint density at radius 2 is 1.78 bits per heavy atom. The lowest BCUT2D eigenvalue weighted by Crippen LogP contribution is -2.52. The number of sulfonamides is 1. The number of hydrogen-bond acceptors (Lipinski definition) is 10. The zero-order chi connectivity index (χ0) is 36.1. The maximum absolute atomic E-state index is 14.3. The van der Waals surface area contributed by atoms with Gasteiger partial charge in [-0.05, 0) is 47.8 Å². The highest BCUT2D eigenvalue weighted by molar-refractivity contribution is 7.89. The van der Waals surface area contributed by atoms with E-state index in [2.05, 4.69) is 10.6 Å². The van der Waals surface area contributed by atoms with Gasteiger partial charge >= 0.3 is 6.09 Å². The van der Waals surface area contributed by atoms with Gasteiger partial charge in [-0.3, -0.25) is 4.79 Å². The number of nitrogens with one attached hydrogen (secondary N) is 2. The molecule has 3 heterocycles. The molecule has 3 N–H and O–H groups in total. The van der Waals surface area contributed by atoms with E-state index in [9.17, 15) is 23.1 Å². The van der Waals surface area contributed by atoms with Crippen LogP contribution in [0.3, 0.4) is 0 Å². The first-order chi connectivity index (χ1) is 23.6. The number of ether oxygens (including phenoxy) is 5. The predicted octanol–water partition coefficient (Wildman–Crippen LogP) is 3.83. The molecule has 2 aromatic carbocycles. The fraction of sp³-hybridized carbons (Fsp3) is 0.611. The summed E-state index contributed by atoms with van der Waals surface area (Å²) in [6, 6.07) is 12.8. The summed E-state index contributed by atoms with van der Waals surface area (Å²) in [7, 11) is -4.20. The highest BCUT2D eigenvalue weighted by Gasteiger charge is 2.44. The van der Waals surface area contributed by atoms with E-state index in [0.717, 1.165) is 5.56 Å². The second kappa shape index (κ2) is 15.9. The van der Waals surface area contributed by atoms with Crippen LogP contribution >= 0.6 is 0 Å². The second-order valence-electron chi connectivity index (χ2n) is 15.3. The number of aliphatic hydroxyl groups is 1. The van der Waals surface area contributed by atoms with E-state index in [1.807, 2.05) is 65.0 Å². The van der Waals surface area contributed by atoms with Gasteiger partial charge in [-0.15, -0.1) is 0 Å². The van der Waals surface area contributed by atoms with Gasteiger partial charge in [0.25, 0.3) is 0 Å². The van der Waals surface area contributed by atoms with Crippen molar-refractivity contribution in [3.63, 3.8) is 0 Å². The van der Waals surface area contributed by atoms with Crippen LogP contribution in [-0.4, -0.2) is 94.0 Å². The van der Waals surface area contributed by atoms with Crippen molar-refractivity contribution < 1.29 is 46.8 Å². The Morgan fingerprint density at radius 3 is 2.52 bits per heavy atom. The summed E-state index contributed by atoms with van der Waals surface area (Å²) in [5.41, 5.74) is 0.0453. The van der Waals surface area contributed by atoms with E-state index < -0.39 is 46.1 Å². The summed E-state index contributed by atoms with van der Waals surface area (Å²) < 4.78 is 57.7. The van der Waals surface area contributed by atoms with Gasteiger partial charge in [0.15, 0.2) is 17.8 Å². The molecule has 13 nitrogen and oxygen atoms in total. The van der Waals surface area contributed by atoms with Gasteiger partial charge in [0.05, 0.1) is 36.2 Å². The van der Waals surface area contributed by atoms with Crippen LogP contribution < -0.4 is 20.1 Å². The van der Waals surface area contributed by atoms with Crippen LogP contribution in [0.2, 0.25) is 0 Å². The van der Waals surface area contributed by atoms with Crippen LogP contribution in [0, 0.1) is 16.7 Å². The minimum absolute atomic E-state index is 0.0143. The third kappa shape index (κ3) is 10.1. The number of nitrogens with zero attached hydrogens (tertiary/aromatic N) is 1. The molecule has 276 valence electrons. The molecule has 0 aliphatic carbocycles. The molecule has 14 heteroatoms. The van der Waals surface area contributed by atoms with Crippen molar-refractivity contribution in [2.24, 2.45) is 16.7 Å². The molecule has 3 aliphatic heterocycles. The number of aliphatic hydroxyl groups excluding tert-OH is 1. The van der Waals surface area contributed by atoms with E-state index in [1.165, 1.54) is 16.4 Å². The molecule has 0 unspecified atom stereocenters. The average Bonchev–Trinajstić information content (AvgIpc) is 3.78. The number of carbonyl (C=O) groups excluding carboxylic acids is 2. The molecule has 2 saturated heterocycles. The Balaban J connectivity index is 1.35. The van der Waals surface area contributed by atoms with Crippen molar-refractivity contribution in [1.29, 1.82) is 0 Å². The van der Waals surface area contributed by atoms with E-state index >= 15 is 0 Å². The third-order valence-corrected chi connectivity index (χ3v) is 10.9. The Labute approximate surface area is 295 Å². The maximum Gasteiger partial charge on any atom is 0.407 e. The van der Waals surface area contributed by atoms with Crippen molar-refractivity contribution in [2.75, 3.05) is 39.6 Å². The van der Waals surface area contributed by atoms with Crippen LogP contribution in [0.25, 0.3) is 0 Å². The molecule has 2 aromatic rings. The molecule has 0 aromatic heterocycles. The van der Waals surface area contributed by atoms with Gasteiger partial charge < -0.3 is 39.4 Å². The molecule has 0 bridgehead atoms. The number of carbonyl (C=O) groups is 2. The molecule has 0 spiro atoms. The van der Waals surface area contributed by atoms with Gasteiger partial charge in [-0.2, -0.15) is 4.31 Å². The summed E-state index contributed by atoms with van der Waals surface area (Å²) >= 11 is 0. The standard InChI is InChI=1S/C36H51N3O10S/c1-35(2,3)19-32(41)37-15-14-36(4,5)22-39(50(43,44)25-11-12-29-30(18-25)48-23-47-29)20-28(40)27(17-24-9-7-6-8-10-24)38-34(42)49-31-21-46-33-26(31)13-16-45-33/h6-12,18,26-28,31,33,40H,13-17,19-23H2,1-5H3,(H,37,41)(H,38,42)/t26-,27-,28+,31-,33+/m0/s1. The van der Waals surface area contributed by atoms with Crippen molar-refractivity contribution >= 4 is 22.0 Å². The third-order valence-electron chi connectivity index (χ3n) is 9.10. The van der Waals surface area contributed by atoms with Crippen molar-refractivity contribution in [3.8, 4) is 11.5 Å². The van der Waals surface area contributed by atoms with Crippen LogP contribution in [-0.2, 0) is 35.4 Å². The molecule has 3 aliphatic rings. The number of hydrogen-bond donors (Lipinski definition) is 3. The largest absolute Gasteiger partial charge is 0.454 e. The highest BCUT2D eigenvalue weighted by atomic mass is 32.2. The predicted molar refractivity (Wildman–Crippen MR) is 184 cm³/mol. The summed E-state index contributed by atoms with van der Waals surface area (Å²) in [4.78, 5) is 25.7. The zero-order valence-electron chi connectivity index (χ0n) is 29.6. The quantitative estimate of drug-likeness (QED) is 0.247. The van der Waals surface area contributed by atoms with E-state index in [4.69, 9.17) is 23.7 Å². The Morgan fingerprint density at radius 1 is 1.04 bits per heavy atom. The molecular formula is C36H51N3O10S. The summed E-state index contributed by atoms with van der Waals surface area (Å²) in [6.07, 6.45) is -1.20. The lowest BCUT2D eigenvalue weighted by Gasteiger charge is -2.35. The Bertz CT molecular complexity index is 1580. The molecule has 50 heavy (non-hydrogen) atoms. The molecule has 5 rings (SSSR count). The first-order valence-electron chi connectivity index (χ1n) is 17.2. The van der Waals surface area contributed by atoms with E-state index in [1.54, 1.807) is 6.07 Å². The lowest BCUT2D eigenvalue weighted by atomic mass is 9.88. The molecule has 0 saturated carbocycles. The number of rotatable bonds is 15. The first-order valence-corrected chi connectivity index (χ1v) is 18.6. The Hall–Kier alpha value is -3.43. The first kappa shape index (κ1) is 37.8. The van der Waals surface area contributed by atoms with Crippen LogP contribution in [0.5, 0.6) is 11.5 Å². The topological polar surface area (TPSA) is 162 Å². The molecule has 2 amide bonds. The summed E-state index contributed by atoms with van der Waals surface area (Å²) in [5, 5.41) is 17.6. The normalized spacial score (nSPS) is 21.5. The SMILES string of the molecule is CC(C)(C)CC(=O)NCCC(C)(C)CN(C[C@@H](O)[C@H](Cc1ccccc1)NC(=O)O[C@H]1CO[C@H]2OCC[C@H]21)S(=O)(=O)c1ccc2c(c1)OCO2. The van der Waals surface area contributed by atoms with E-state index in [0.29, 0.717) is 43.9 Å². The summed E-state index contributed by atoms with van der Waals surface area (Å²) in [5.74, 6) is 0.608. The Kier molecular flexibility index (Phi) is 12.0. The van der Waals surface area contributed by atoms with Crippen LogP contribution in [0.15, 0.2) is 53.4 Å². The smallest absolute Gasteiger partial charge is 0.407 e. The summed E-state index contributed by atoms with van der Waals surface area (Å²) in [6.45, 7) is 10.6. The van der Waals surface area contributed by atoms with Crippen molar-refractivity contribution in [3.05, 3.63) is 54.1 Å². The number of alkyl carbamates (subject to hydrolysis) is 1. The molecule has 5 atom stereocenters. The molecular weight excluding hydrogens is 666 g/mol. The minimum Gasteiger partial charge on any atom is -0.454 e. The van der Waals surface area contributed by atoms with Gasteiger partial charge in [0, 0.05) is 32.1 Å². The van der Waals surface area contributed by atoms with Gasteiger partial charge in [0.2, 0.25) is 22.7 Å². The fourth-order valence-corrected chi connectivity index (χ4v) is 8.10. The minimum atomic E-state index is -4.20. The number of fused-ring (bicyclic) bond motifs is 2. The van der Waals surface area contributed by atoms with Crippen LogP contribution in [0.1, 0.15) is 59.4 Å². The number of benzene rings is 2. The monoisotopic (exact) mass is 717 g/mol. The maximum atomic E-state index is 14.3. The fourth-order valence-electron chi connectivity index (χ4n) is 6.43. The lowest BCUT2D eigenvalue weighted by molar-refractivity contribution is -0.122. The second-order valence-corrected chi connectivity index (χ2v) is 17.2. The van der Waals surface area contributed by atoms with Gasteiger partial charge in [0.1, 0.15) is 6.10 Å². The number of amides is 2. The zero-order valence-corrected chi connectivity index (χ0v) is 30.4. The van der Waals surface area contributed by atoms with Crippen molar-refractivity contribution in [2.45, 2.75) is 89.7 Å². The van der Waals surface area contributed by atoms with E-state index in [-0.39, 0.29) is 55.0 Å². The average molecular weight is 718 g/mol. The van der Waals surface area contributed by atoms with Crippen LogP contribution in [0.4, 0.5) is 4.79 Å².